The first kappa shape index (κ1) is 16.6. The first-order valence-corrected chi connectivity index (χ1v) is 9.93. The number of sulfone groups is 1. The molecular formula is C17H23FN2O2S. The smallest absolute Gasteiger partial charge is 0.151 e. The van der Waals surface area contributed by atoms with E-state index in [-0.39, 0.29) is 11.9 Å². The molecule has 1 atom stereocenters. The van der Waals surface area contributed by atoms with Gasteiger partial charge in [-0.05, 0) is 24.1 Å². The Morgan fingerprint density at radius 2 is 1.83 bits per heavy atom. The Hall–Kier alpha value is -1.24. The molecule has 3 rings (SSSR count). The van der Waals surface area contributed by atoms with E-state index in [9.17, 15) is 12.8 Å². The molecule has 0 spiro atoms. The number of piperazine rings is 1. The van der Waals surface area contributed by atoms with E-state index in [4.69, 9.17) is 0 Å². The molecule has 0 aromatic heterocycles. The monoisotopic (exact) mass is 338 g/mol. The summed E-state index contributed by atoms with van der Waals surface area (Å²) in [4.78, 5) is 4.69. The number of hydrogen-bond donors (Lipinski definition) is 0. The molecule has 2 fully saturated rings. The average molecular weight is 338 g/mol. The van der Waals surface area contributed by atoms with Crippen LogP contribution < -0.4 is 0 Å². The molecule has 1 aromatic carbocycles. The second kappa shape index (κ2) is 7.11. The van der Waals surface area contributed by atoms with Gasteiger partial charge in [-0.2, -0.15) is 0 Å². The minimum atomic E-state index is -2.80. The summed E-state index contributed by atoms with van der Waals surface area (Å²) in [7, 11) is -2.80. The van der Waals surface area contributed by atoms with Gasteiger partial charge < -0.3 is 0 Å². The molecule has 2 aliphatic rings. The summed E-state index contributed by atoms with van der Waals surface area (Å²) in [5.74, 6) is 0.461. The molecule has 0 bridgehead atoms. The lowest BCUT2D eigenvalue weighted by Crippen LogP contribution is -2.50. The maximum atomic E-state index is 12.8. The van der Waals surface area contributed by atoms with E-state index in [0.717, 1.165) is 44.7 Å². The van der Waals surface area contributed by atoms with Gasteiger partial charge in [-0.15, -0.1) is 0 Å². The summed E-state index contributed by atoms with van der Waals surface area (Å²) in [6, 6.07) is 6.69. The van der Waals surface area contributed by atoms with Gasteiger partial charge in [-0.25, -0.2) is 12.8 Å². The zero-order valence-electron chi connectivity index (χ0n) is 13.2. The summed E-state index contributed by atoms with van der Waals surface area (Å²) < 4.78 is 36.0. The first-order chi connectivity index (χ1) is 11.0. The highest BCUT2D eigenvalue weighted by Gasteiger charge is 2.33. The van der Waals surface area contributed by atoms with Crippen LogP contribution in [0.3, 0.4) is 0 Å². The topological polar surface area (TPSA) is 40.6 Å². The molecule has 0 amide bonds. The van der Waals surface area contributed by atoms with Crippen molar-refractivity contribution < 1.29 is 12.8 Å². The van der Waals surface area contributed by atoms with E-state index in [1.807, 2.05) is 6.08 Å². The van der Waals surface area contributed by atoms with E-state index in [1.165, 1.54) is 12.1 Å². The van der Waals surface area contributed by atoms with Crippen molar-refractivity contribution in [2.75, 3.05) is 44.2 Å². The standard InChI is InChI=1S/C17H23FN2O2S/c18-16-5-3-15(4-6-16)2-1-8-19-9-11-20(12-10-19)17-7-13-23(21,22)14-17/h1-6,17H,7-14H2/b2-1+/t17-/m1/s1. The summed E-state index contributed by atoms with van der Waals surface area (Å²) in [5.41, 5.74) is 1.00. The third kappa shape index (κ3) is 4.62. The van der Waals surface area contributed by atoms with Crippen LogP contribution in [0.4, 0.5) is 4.39 Å². The Labute approximate surface area is 137 Å². The van der Waals surface area contributed by atoms with Crippen LogP contribution in [0.25, 0.3) is 6.08 Å². The summed E-state index contributed by atoms with van der Waals surface area (Å²) >= 11 is 0. The van der Waals surface area contributed by atoms with E-state index in [1.54, 1.807) is 12.1 Å². The predicted molar refractivity (Wildman–Crippen MR) is 90.5 cm³/mol. The lowest BCUT2D eigenvalue weighted by Gasteiger charge is -2.37. The van der Waals surface area contributed by atoms with Gasteiger partial charge >= 0.3 is 0 Å². The number of rotatable bonds is 4. The minimum Gasteiger partial charge on any atom is -0.297 e. The van der Waals surface area contributed by atoms with Gasteiger partial charge in [0, 0.05) is 38.8 Å². The van der Waals surface area contributed by atoms with Crippen molar-refractivity contribution in [2.24, 2.45) is 0 Å². The van der Waals surface area contributed by atoms with Crippen molar-refractivity contribution in [2.45, 2.75) is 12.5 Å². The molecule has 126 valence electrons. The Bertz CT molecular complexity index is 650. The fourth-order valence-electron chi connectivity index (χ4n) is 3.29. The molecule has 2 saturated heterocycles. The van der Waals surface area contributed by atoms with Gasteiger partial charge in [-0.1, -0.05) is 24.3 Å². The van der Waals surface area contributed by atoms with Crippen molar-refractivity contribution in [3.63, 3.8) is 0 Å². The lowest BCUT2D eigenvalue weighted by molar-refractivity contribution is 0.112. The normalized spacial score (nSPS) is 26.0. The molecule has 0 N–H and O–H groups in total. The highest BCUT2D eigenvalue weighted by molar-refractivity contribution is 7.91. The molecule has 1 aromatic rings. The van der Waals surface area contributed by atoms with Gasteiger partial charge in [0.15, 0.2) is 9.84 Å². The van der Waals surface area contributed by atoms with Crippen LogP contribution in [0, 0.1) is 5.82 Å². The SMILES string of the molecule is O=S1(=O)CC[C@@H](N2CCN(C/C=C/c3ccc(F)cc3)CC2)C1. The van der Waals surface area contributed by atoms with Crippen LogP contribution in [-0.4, -0.2) is 68.5 Å². The lowest BCUT2D eigenvalue weighted by atomic mass is 10.2. The largest absolute Gasteiger partial charge is 0.297 e. The Balaban J connectivity index is 1.43. The van der Waals surface area contributed by atoms with Crippen LogP contribution in [0.15, 0.2) is 30.3 Å². The van der Waals surface area contributed by atoms with Gasteiger partial charge in [0.1, 0.15) is 5.82 Å². The first-order valence-electron chi connectivity index (χ1n) is 8.11. The predicted octanol–water partition coefficient (Wildman–Crippen LogP) is 1.64. The molecule has 0 saturated carbocycles. The number of halogens is 1. The molecule has 4 nitrogen and oxygen atoms in total. The third-order valence-corrected chi connectivity index (χ3v) is 6.43. The Morgan fingerprint density at radius 3 is 2.43 bits per heavy atom. The zero-order valence-corrected chi connectivity index (χ0v) is 14.0. The van der Waals surface area contributed by atoms with E-state index >= 15 is 0 Å². The molecular weight excluding hydrogens is 315 g/mol. The number of benzene rings is 1. The fourth-order valence-corrected chi connectivity index (χ4v) is 5.05. The van der Waals surface area contributed by atoms with Gasteiger partial charge in [0.2, 0.25) is 0 Å². The highest BCUT2D eigenvalue weighted by Crippen LogP contribution is 2.19. The van der Waals surface area contributed by atoms with Gasteiger partial charge in [0.05, 0.1) is 11.5 Å². The van der Waals surface area contributed by atoms with Crippen LogP contribution in [0.1, 0.15) is 12.0 Å². The molecule has 0 unspecified atom stereocenters. The van der Waals surface area contributed by atoms with Crippen molar-refractivity contribution in [1.29, 1.82) is 0 Å². The van der Waals surface area contributed by atoms with Crippen molar-refractivity contribution in [1.82, 2.24) is 9.80 Å². The Kier molecular flexibility index (Phi) is 5.14. The van der Waals surface area contributed by atoms with Gasteiger partial charge in [-0.3, -0.25) is 9.80 Å². The maximum absolute atomic E-state index is 12.8. The van der Waals surface area contributed by atoms with Crippen LogP contribution >= 0.6 is 0 Å². The molecule has 0 aliphatic carbocycles. The van der Waals surface area contributed by atoms with Crippen LogP contribution in [0.2, 0.25) is 0 Å². The van der Waals surface area contributed by atoms with E-state index < -0.39 is 9.84 Å². The zero-order chi connectivity index (χ0) is 16.3. The van der Waals surface area contributed by atoms with E-state index in [2.05, 4.69) is 15.9 Å². The third-order valence-electron chi connectivity index (χ3n) is 4.68. The van der Waals surface area contributed by atoms with Gasteiger partial charge in [0.25, 0.3) is 0 Å². The van der Waals surface area contributed by atoms with Crippen molar-refractivity contribution in [3.05, 3.63) is 41.7 Å². The van der Waals surface area contributed by atoms with Crippen LogP contribution in [-0.2, 0) is 9.84 Å². The van der Waals surface area contributed by atoms with E-state index in [0.29, 0.717) is 11.5 Å². The summed E-state index contributed by atoms with van der Waals surface area (Å²) in [6.07, 6.45) is 4.89. The number of nitrogens with zero attached hydrogens (tertiary/aromatic N) is 2. The average Bonchev–Trinajstić information content (AvgIpc) is 2.90. The quantitative estimate of drug-likeness (QED) is 0.837. The molecule has 2 heterocycles. The fraction of sp³-hybridized carbons (Fsp3) is 0.529. The molecule has 2 aliphatic heterocycles. The van der Waals surface area contributed by atoms with Crippen molar-refractivity contribution >= 4 is 15.9 Å². The van der Waals surface area contributed by atoms with Crippen molar-refractivity contribution in [3.8, 4) is 0 Å². The second-order valence-corrected chi connectivity index (χ2v) is 8.58. The van der Waals surface area contributed by atoms with Crippen LogP contribution in [0.5, 0.6) is 0 Å². The summed E-state index contributed by atoms with van der Waals surface area (Å²) in [6.45, 7) is 4.66. The molecule has 0 radical (unpaired) electrons. The maximum Gasteiger partial charge on any atom is 0.151 e. The summed E-state index contributed by atoms with van der Waals surface area (Å²) in [5, 5.41) is 0. The highest BCUT2D eigenvalue weighted by atomic mass is 32.2. The minimum absolute atomic E-state index is 0.216. The number of hydrogen-bond acceptors (Lipinski definition) is 4. The molecule has 6 heteroatoms. The second-order valence-electron chi connectivity index (χ2n) is 6.35. The molecule has 23 heavy (non-hydrogen) atoms. The Morgan fingerprint density at radius 1 is 1.13 bits per heavy atom.